The molecule has 1 aromatic heterocycles. The van der Waals surface area contributed by atoms with E-state index in [0.29, 0.717) is 12.0 Å². The Morgan fingerprint density at radius 1 is 0.974 bits per heavy atom. The van der Waals surface area contributed by atoms with Crippen molar-refractivity contribution in [1.82, 2.24) is 9.97 Å². The number of ether oxygens (including phenoxy) is 2. The molecule has 0 saturated carbocycles. The number of hydrogen-bond acceptors (Lipinski definition) is 6. The quantitative estimate of drug-likeness (QED) is 0.420. The predicted octanol–water partition coefficient (Wildman–Crippen LogP) is 5.78. The molecule has 2 aromatic carbocycles. The molecule has 3 aliphatic rings. The van der Waals surface area contributed by atoms with E-state index in [1.54, 1.807) is 0 Å². The van der Waals surface area contributed by atoms with Crippen molar-refractivity contribution in [3.05, 3.63) is 69.9 Å². The first-order valence-corrected chi connectivity index (χ1v) is 14.5. The Bertz CT molecular complexity index is 1360. The maximum Gasteiger partial charge on any atom is 0.162 e. The lowest BCUT2D eigenvalue weighted by molar-refractivity contribution is -0.0499. The van der Waals surface area contributed by atoms with Crippen molar-refractivity contribution < 1.29 is 9.47 Å². The van der Waals surface area contributed by atoms with Gasteiger partial charge in [-0.2, -0.15) is 0 Å². The van der Waals surface area contributed by atoms with Crippen LogP contribution in [-0.2, 0) is 27.9 Å². The van der Waals surface area contributed by atoms with Gasteiger partial charge in [-0.05, 0) is 61.4 Å². The zero-order chi connectivity index (χ0) is 27.3. The highest BCUT2D eigenvalue weighted by atomic mass is 16.5. The van der Waals surface area contributed by atoms with Crippen LogP contribution in [0.3, 0.4) is 0 Å². The Morgan fingerprint density at radius 2 is 1.74 bits per heavy atom. The summed E-state index contributed by atoms with van der Waals surface area (Å²) in [5.74, 6) is 2.42. The van der Waals surface area contributed by atoms with Crippen LogP contribution in [0.5, 0.6) is 0 Å². The van der Waals surface area contributed by atoms with Crippen LogP contribution < -0.4 is 9.80 Å². The van der Waals surface area contributed by atoms with Crippen LogP contribution in [0.15, 0.2) is 36.4 Å². The molecule has 1 unspecified atom stereocenters. The molecule has 4 heterocycles. The molecule has 0 spiro atoms. The number of benzene rings is 2. The molecule has 2 atom stereocenters. The number of fused-ring (bicyclic) bond motifs is 1. The highest BCUT2D eigenvalue weighted by molar-refractivity contribution is 5.68. The lowest BCUT2D eigenvalue weighted by atomic mass is 9.80. The highest BCUT2D eigenvalue weighted by Crippen LogP contribution is 2.39. The smallest absolute Gasteiger partial charge is 0.162 e. The molecule has 6 rings (SSSR count). The summed E-state index contributed by atoms with van der Waals surface area (Å²) in [6.45, 7) is 16.4. The highest BCUT2D eigenvalue weighted by Gasteiger charge is 2.36. The Labute approximate surface area is 233 Å². The van der Waals surface area contributed by atoms with E-state index in [1.165, 1.54) is 44.8 Å². The van der Waals surface area contributed by atoms with Gasteiger partial charge in [0, 0.05) is 61.9 Å². The molecular formula is C33H42N4O2. The molecule has 2 fully saturated rings. The summed E-state index contributed by atoms with van der Waals surface area (Å²) in [7, 11) is 1.84. The summed E-state index contributed by atoms with van der Waals surface area (Å²) >= 11 is 0. The number of rotatable bonds is 5. The summed E-state index contributed by atoms with van der Waals surface area (Å²) in [6.07, 6.45) is 2.23. The molecular weight excluding hydrogens is 484 g/mol. The molecule has 0 N–H and O–H groups in total. The minimum absolute atomic E-state index is 0.118. The molecule has 6 nitrogen and oxygen atoms in total. The number of anilines is 2. The molecule has 39 heavy (non-hydrogen) atoms. The zero-order valence-electron chi connectivity index (χ0n) is 24.4. The van der Waals surface area contributed by atoms with Gasteiger partial charge in [-0.1, -0.05) is 44.2 Å². The van der Waals surface area contributed by atoms with E-state index in [0.717, 1.165) is 63.9 Å². The minimum Gasteiger partial charge on any atom is -0.381 e. The Morgan fingerprint density at radius 3 is 2.41 bits per heavy atom. The van der Waals surface area contributed by atoms with Crippen LogP contribution in [0.4, 0.5) is 11.5 Å². The second kappa shape index (κ2) is 10.2. The number of nitrogens with zero attached hydrogens (tertiary/aromatic N) is 4. The van der Waals surface area contributed by atoms with Crippen molar-refractivity contribution >= 4 is 11.5 Å². The molecule has 3 aliphatic heterocycles. The SMILES string of the molecule is COC1CCN(c2nc(-c3c(C)cccc3C)nc3c2CN(c2cc(C4(C)COC4)ccc2C)CC3)C[C@@H]1C. The van der Waals surface area contributed by atoms with E-state index in [1.807, 2.05) is 7.11 Å². The molecule has 206 valence electrons. The number of aromatic nitrogens is 2. The van der Waals surface area contributed by atoms with Gasteiger partial charge in [-0.15, -0.1) is 0 Å². The molecule has 3 aromatic rings. The van der Waals surface area contributed by atoms with E-state index in [2.05, 4.69) is 80.8 Å². The van der Waals surface area contributed by atoms with Gasteiger partial charge in [0.2, 0.25) is 0 Å². The first-order valence-electron chi connectivity index (χ1n) is 14.5. The molecule has 0 bridgehead atoms. The molecule has 2 saturated heterocycles. The van der Waals surface area contributed by atoms with Gasteiger partial charge in [0.25, 0.3) is 0 Å². The topological polar surface area (TPSA) is 50.7 Å². The van der Waals surface area contributed by atoms with E-state index in [4.69, 9.17) is 19.4 Å². The largest absolute Gasteiger partial charge is 0.381 e. The van der Waals surface area contributed by atoms with E-state index in [-0.39, 0.29) is 5.41 Å². The predicted molar refractivity (Wildman–Crippen MR) is 158 cm³/mol. The fraction of sp³-hybridized carbons (Fsp3) is 0.515. The normalized spacial score (nSPS) is 22.4. The van der Waals surface area contributed by atoms with Gasteiger partial charge in [0.05, 0.1) is 25.0 Å². The third-order valence-electron chi connectivity index (χ3n) is 9.26. The van der Waals surface area contributed by atoms with E-state index >= 15 is 0 Å². The van der Waals surface area contributed by atoms with Crippen LogP contribution >= 0.6 is 0 Å². The number of aryl methyl sites for hydroxylation is 3. The van der Waals surface area contributed by atoms with E-state index in [9.17, 15) is 0 Å². The van der Waals surface area contributed by atoms with Gasteiger partial charge >= 0.3 is 0 Å². The summed E-state index contributed by atoms with van der Waals surface area (Å²) in [5, 5.41) is 0. The van der Waals surface area contributed by atoms with Crippen molar-refractivity contribution in [3.63, 3.8) is 0 Å². The van der Waals surface area contributed by atoms with Crippen LogP contribution in [0.1, 0.15) is 53.8 Å². The second-order valence-electron chi connectivity index (χ2n) is 12.3. The number of piperidine rings is 1. The standard InChI is InChI=1S/C33H42N4O2/c1-21-10-11-25(33(5)19-39-20-33)16-28(21)36-14-12-27-26(18-36)32(37-15-13-29(38-6)24(4)17-37)35-31(34-27)30-22(2)8-7-9-23(30)3/h7-11,16,24,29H,12-15,17-20H2,1-6H3/t24-,29?/m0/s1. The molecule has 0 radical (unpaired) electrons. The Balaban J connectivity index is 1.41. The minimum atomic E-state index is 0.118. The van der Waals surface area contributed by atoms with Crippen molar-refractivity contribution in [1.29, 1.82) is 0 Å². The third-order valence-corrected chi connectivity index (χ3v) is 9.26. The van der Waals surface area contributed by atoms with Crippen molar-refractivity contribution in [2.75, 3.05) is 49.8 Å². The van der Waals surface area contributed by atoms with Gasteiger partial charge in [-0.3, -0.25) is 0 Å². The van der Waals surface area contributed by atoms with Crippen molar-refractivity contribution in [2.45, 2.75) is 65.5 Å². The van der Waals surface area contributed by atoms with Crippen LogP contribution in [0.2, 0.25) is 0 Å². The van der Waals surface area contributed by atoms with Crippen LogP contribution in [0.25, 0.3) is 11.4 Å². The maximum absolute atomic E-state index is 5.79. The van der Waals surface area contributed by atoms with E-state index < -0.39 is 0 Å². The third kappa shape index (κ3) is 4.72. The summed E-state index contributed by atoms with van der Waals surface area (Å²) in [5.41, 5.74) is 10.2. The Kier molecular flexibility index (Phi) is 6.88. The second-order valence-corrected chi connectivity index (χ2v) is 12.3. The average molecular weight is 527 g/mol. The number of methoxy groups -OCH3 is 1. The fourth-order valence-corrected chi connectivity index (χ4v) is 6.71. The molecule has 0 aliphatic carbocycles. The van der Waals surface area contributed by atoms with Crippen molar-refractivity contribution in [3.8, 4) is 11.4 Å². The van der Waals surface area contributed by atoms with Gasteiger partial charge < -0.3 is 19.3 Å². The maximum atomic E-state index is 5.79. The first kappa shape index (κ1) is 26.3. The average Bonchev–Trinajstić information content (AvgIpc) is 2.91. The zero-order valence-corrected chi connectivity index (χ0v) is 24.4. The monoisotopic (exact) mass is 526 g/mol. The first-order chi connectivity index (χ1) is 18.8. The summed E-state index contributed by atoms with van der Waals surface area (Å²) in [4.78, 5) is 15.6. The summed E-state index contributed by atoms with van der Waals surface area (Å²) in [6, 6.07) is 13.4. The Hall–Kier alpha value is -2.96. The fourth-order valence-electron chi connectivity index (χ4n) is 6.71. The number of hydrogen-bond donors (Lipinski definition) is 0. The molecule has 6 heteroatoms. The van der Waals surface area contributed by atoms with Crippen LogP contribution in [-0.4, -0.2) is 56.0 Å². The van der Waals surface area contributed by atoms with Gasteiger partial charge in [-0.25, -0.2) is 9.97 Å². The van der Waals surface area contributed by atoms with Crippen molar-refractivity contribution in [2.24, 2.45) is 5.92 Å². The van der Waals surface area contributed by atoms with Gasteiger partial charge in [0.15, 0.2) is 5.82 Å². The summed E-state index contributed by atoms with van der Waals surface area (Å²) < 4.78 is 11.4. The van der Waals surface area contributed by atoms with Crippen LogP contribution in [0, 0.1) is 26.7 Å². The lowest BCUT2D eigenvalue weighted by Gasteiger charge is -2.41. The molecule has 0 amide bonds. The lowest BCUT2D eigenvalue weighted by Crippen LogP contribution is -2.45. The van der Waals surface area contributed by atoms with Gasteiger partial charge in [0.1, 0.15) is 5.82 Å².